The number of hydrogen-bond acceptors (Lipinski definition) is 5. The number of ether oxygens (including phenoxy) is 1. The standard InChI is InChI=1S/C22H21FN2O5/c1-2-3-10-25-20(27)17-9-6-15(11-18(17)21(25)28)22(29)30-13-19(26)24-12-14-4-7-16(23)8-5-14/h4-9,11H,2-3,10,12-13H2,1H3,(H,24,26). The molecule has 0 atom stereocenters. The summed E-state index contributed by atoms with van der Waals surface area (Å²) in [5.41, 5.74) is 1.19. The monoisotopic (exact) mass is 412 g/mol. The first-order valence-corrected chi connectivity index (χ1v) is 9.59. The first-order valence-electron chi connectivity index (χ1n) is 9.59. The van der Waals surface area contributed by atoms with E-state index in [2.05, 4.69) is 5.32 Å². The SMILES string of the molecule is CCCCN1C(=O)c2ccc(C(=O)OCC(=O)NCc3ccc(F)cc3)cc2C1=O. The third-order valence-corrected chi connectivity index (χ3v) is 4.68. The van der Waals surface area contributed by atoms with Crippen molar-refractivity contribution in [2.45, 2.75) is 26.3 Å². The van der Waals surface area contributed by atoms with Crippen molar-refractivity contribution >= 4 is 23.7 Å². The topological polar surface area (TPSA) is 92.8 Å². The van der Waals surface area contributed by atoms with E-state index in [4.69, 9.17) is 4.74 Å². The number of nitrogens with one attached hydrogen (secondary N) is 1. The molecule has 0 radical (unpaired) electrons. The van der Waals surface area contributed by atoms with E-state index in [0.717, 1.165) is 6.42 Å². The summed E-state index contributed by atoms with van der Waals surface area (Å²) in [6.07, 6.45) is 1.54. The summed E-state index contributed by atoms with van der Waals surface area (Å²) in [7, 11) is 0. The van der Waals surface area contributed by atoms with Crippen LogP contribution in [-0.2, 0) is 16.1 Å². The lowest BCUT2D eigenvalue weighted by molar-refractivity contribution is -0.124. The number of esters is 1. The summed E-state index contributed by atoms with van der Waals surface area (Å²) >= 11 is 0. The maximum atomic E-state index is 12.9. The lowest BCUT2D eigenvalue weighted by atomic mass is 10.1. The van der Waals surface area contributed by atoms with Gasteiger partial charge in [0.1, 0.15) is 5.82 Å². The van der Waals surface area contributed by atoms with E-state index < -0.39 is 24.4 Å². The predicted octanol–water partition coefficient (Wildman–Crippen LogP) is 2.70. The molecule has 2 aromatic carbocycles. The molecular formula is C22H21FN2O5. The Morgan fingerprint density at radius 2 is 1.73 bits per heavy atom. The smallest absolute Gasteiger partial charge is 0.338 e. The zero-order valence-electron chi connectivity index (χ0n) is 16.4. The molecule has 3 rings (SSSR count). The Hall–Kier alpha value is -3.55. The highest BCUT2D eigenvalue weighted by atomic mass is 19.1. The normalized spacial score (nSPS) is 12.7. The number of benzene rings is 2. The van der Waals surface area contributed by atoms with Crippen molar-refractivity contribution in [3.63, 3.8) is 0 Å². The first kappa shape index (κ1) is 21.2. The molecular weight excluding hydrogens is 391 g/mol. The van der Waals surface area contributed by atoms with Gasteiger partial charge in [-0.2, -0.15) is 0 Å². The van der Waals surface area contributed by atoms with Crippen molar-refractivity contribution in [2.75, 3.05) is 13.2 Å². The Labute approximate surface area is 172 Å². The van der Waals surface area contributed by atoms with Gasteiger partial charge in [-0.25, -0.2) is 9.18 Å². The van der Waals surface area contributed by atoms with Crippen LogP contribution in [0.25, 0.3) is 0 Å². The van der Waals surface area contributed by atoms with Gasteiger partial charge in [-0.15, -0.1) is 0 Å². The Bertz CT molecular complexity index is 988. The van der Waals surface area contributed by atoms with Crippen LogP contribution in [0, 0.1) is 5.82 Å². The number of rotatable bonds is 8. The van der Waals surface area contributed by atoms with Gasteiger partial charge in [-0.1, -0.05) is 25.5 Å². The fraction of sp³-hybridized carbons (Fsp3) is 0.273. The van der Waals surface area contributed by atoms with E-state index >= 15 is 0 Å². The Morgan fingerprint density at radius 1 is 1.03 bits per heavy atom. The maximum Gasteiger partial charge on any atom is 0.338 e. The number of fused-ring (bicyclic) bond motifs is 1. The van der Waals surface area contributed by atoms with Crippen LogP contribution in [0.1, 0.15) is 56.4 Å². The molecule has 0 saturated carbocycles. The second-order valence-electron chi connectivity index (χ2n) is 6.86. The first-order chi connectivity index (χ1) is 14.4. The van der Waals surface area contributed by atoms with Gasteiger partial charge in [0.2, 0.25) is 0 Å². The number of unbranched alkanes of at least 4 members (excludes halogenated alkanes) is 1. The Kier molecular flexibility index (Phi) is 6.56. The number of amides is 3. The summed E-state index contributed by atoms with van der Waals surface area (Å²) in [6, 6.07) is 9.77. The number of hydrogen-bond donors (Lipinski definition) is 1. The number of imide groups is 1. The van der Waals surface area contributed by atoms with Crippen molar-refractivity contribution in [2.24, 2.45) is 0 Å². The average Bonchev–Trinajstić information content (AvgIpc) is 2.99. The molecule has 1 N–H and O–H groups in total. The van der Waals surface area contributed by atoms with Gasteiger partial charge in [0, 0.05) is 13.1 Å². The van der Waals surface area contributed by atoms with Crippen LogP contribution in [0.2, 0.25) is 0 Å². The van der Waals surface area contributed by atoms with Crippen LogP contribution < -0.4 is 5.32 Å². The van der Waals surface area contributed by atoms with E-state index in [-0.39, 0.29) is 35.0 Å². The molecule has 8 heteroatoms. The van der Waals surface area contributed by atoms with Crippen molar-refractivity contribution < 1.29 is 28.3 Å². The van der Waals surface area contributed by atoms with Crippen LogP contribution in [0.5, 0.6) is 0 Å². The fourth-order valence-corrected chi connectivity index (χ4v) is 3.01. The van der Waals surface area contributed by atoms with Gasteiger partial charge < -0.3 is 10.1 Å². The minimum Gasteiger partial charge on any atom is -0.452 e. The number of halogens is 1. The number of nitrogens with zero attached hydrogens (tertiary/aromatic N) is 1. The van der Waals surface area contributed by atoms with Crippen molar-refractivity contribution in [3.8, 4) is 0 Å². The van der Waals surface area contributed by atoms with Gasteiger partial charge in [-0.05, 0) is 42.3 Å². The van der Waals surface area contributed by atoms with Crippen molar-refractivity contribution in [1.82, 2.24) is 10.2 Å². The van der Waals surface area contributed by atoms with Gasteiger partial charge in [0.25, 0.3) is 17.7 Å². The van der Waals surface area contributed by atoms with Crippen LogP contribution in [-0.4, -0.2) is 41.7 Å². The number of carbonyl (C=O) groups excluding carboxylic acids is 4. The summed E-state index contributed by atoms with van der Waals surface area (Å²) in [5, 5.41) is 2.56. The third-order valence-electron chi connectivity index (χ3n) is 4.68. The predicted molar refractivity (Wildman–Crippen MR) is 105 cm³/mol. The lowest BCUT2D eigenvalue weighted by Gasteiger charge is -2.12. The molecule has 2 aromatic rings. The van der Waals surface area contributed by atoms with Gasteiger partial charge >= 0.3 is 5.97 Å². The second-order valence-corrected chi connectivity index (χ2v) is 6.86. The third kappa shape index (κ3) is 4.71. The molecule has 0 saturated heterocycles. The van der Waals surface area contributed by atoms with E-state index in [9.17, 15) is 23.6 Å². The minimum absolute atomic E-state index is 0.0820. The van der Waals surface area contributed by atoms with Crippen LogP contribution in [0.4, 0.5) is 4.39 Å². The summed E-state index contributed by atoms with van der Waals surface area (Å²) in [5.74, 6) is -2.48. The molecule has 0 bridgehead atoms. The summed E-state index contributed by atoms with van der Waals surface area (Å²) in [6.45, 7) is 1.95. The van der Waals surface area contributed by atoms with E-state index in [0.29, 0.717) is 18.5 Å². The average molecular weight is 412 g/mol. The zero-order valence-corrected chi connectivity index (χ0v) is 16.4. The highest BCUT2D eigenvalue weighted by molar-refractivity contribution is 6.21. The minimum atomic E-state index is -0.776. The summed E-state index contributed by atoms with van der Waals surface area (Å²) in [4.78, 5) is 50.1. The molecule has 30 heavy (non-hydrogen) atoms. The summed E-state index contributed by atoms with van der Waals surface area (Å²) < 4.78 is 17.9. The van der Waals surface area contributed by atoms with Gasteiger partial charge in [0.15, 0.2) is 6.61 Å². The largest absolute Gasteiger partial charge is 0.452 e. The lowest BCUT2D eigenvalue weighted by Crippen LogP contribution is -2.30. The molecule has 1 aliphatic rings. The molecule has 0 aliphatic carbocycles. The molecule has 0 aromatic heterocycles. The van der Waals surface area contributed by atoms with E-state index in [1.165, 1.54) is 47.4 Å². The molecule has 1 aliphatic heterocycles. The van der Waals surface area contributed by atoms with E-state index in [1.807, 2.05) is 6.92 Å². The van der Waals surface area contributed by atoms with Crippen molar-refractivity contribution in [3.05, 3.63) is 70.5 Å². The Balaban J connectivity index is 1.56. The van der Waals surface area contributed by atoms with E-state index in [1.54, 1.807) is 0 Å². The van der Waals surface area contributed by atoms with Crippen LogP contribution in [0.15, 0.2) is 42.5 Å². The zero-order chi connectivity index (χ0) is 21.7. The maximum absolute atomic E-state index is 12.9. The molecule has 3 amide bonds. The van der Waals surface area contributed by atoms with Crippen LogP contribution >= 0.6 is 0 Å². The van der Waals surface area contributed by atoms with Crippen molar-refractivity contribution in [1.29, 1.82) is 0 Å². The van der Waals surface area contributed by atoms with Gasteiger partial charge in [0.05, 0.1) is 16.7 Å². The molecule has 156 valence electrons. The molecule has 0 unspecified atom stereocenters. The highest BCUT2D eigenvalue weighted by Gasteiger charge is 2.35. The fourth-order valence-electron chi connectivity index (χ4n) is 3.01. The van der Waals surface area contributed by atoms with Crippen LogP contribution in [0.3, 0.4) is 0 Å². The highest BCUT2D eigenvalue weighted by Crippen LogP contribution is 2.24. The van der Waals surface area contributed by atoms with Gasteiger partial charge in [-0.3, -0.25) is 19.3 Å². The molecule has 0 spiro atoms. The second kappa shape index (κ2) is 9.30. The molecule has 0 fully saturated rings. The Morgan fingerprint density at radius 3 is 2.43 bits per heavy atom. The number of carbonyl (C=O) groups is 4. The molecule has 1 heterocycles. The molecule has 7 nitrogen and oxygen atoms in total. The quantitative estimate of drug-likeness (QED) is 0.532.